The van der Waals surface area contributed by atoms with Crippen LogP contribution in [0.25, 0.3) is 0 Å². The largest absolute Gasteiger partial charge is 0.417 e. The van der Waals surface area contributed by atoms with Crippen LogP contribution in [0.1, 0.15) is 23.7 Å². The van der Waals surface area contributed by atoms with Crippen molar-refractivity contribution in [3.63, 3.8) is 0 Å². The molecular formula is C11H9BrF3NO2. The Morgan fingerprint density at radius 2 is 1.94 bits per heavy atom. The minimum absolute atomic E-state index is 0.0896. The summed E-state index contributed by atoms with van der Waals surface area (Å²) in [5, 5.41) is 27.3. The minimum Gasteiger partial charge on any atom is -0.389 e. The monoisotopic (exact) mass is 323 g/mol. The summed E-state index contributed by atoms with van der Waals surface area (Å²) in [7, 11) is 0. The van der Waals surface area contributed by atoms with Gasteiger partial charge in [0.1, 0.15) is 6.10 Å². The third-order valence-corrected chi connectivity index (χ3v) is 2.99. The summed E-state index contributed by atoms with van der Waals surface area (Å²) in [4.78, 5) is 0. The highest BCUT2D eigenvalue weighted by atomic mass is 79.9. The Kier molecular flexibility index (Phi) is 4.73. The van der Waals surface area contributed by atoms with Gasteiger partial charge in [-0.1, -0.05) is 22.0 Å². The molecule has 0 heterocycles. The quantitative estimate of drug-likeness (QED) is 0.899. The van der Waals surface area contributed by atoms with Crippen LogP contribution in [0, 0.1) is 11.3 Å². The van der Waals surface area contributed by atoms with E-state index in [0.717, 1.165) is 12.1 Å². The standard InChI is InChI=1S/C11H9BrF3NO2/c12-8-2-1-6(5-7(8)11(13,14)15)10(18)9(17)3-4-16/h1-2,5,9-10,17-18H,3H2. The van der Waals surface area contributed by atoms with Crippen molar-refractivity contribution in [1.29, 1.82) is 5.26 Å². The van der Waals surface area contributed by atoms with Crippen LogP contribution < -0.4 is 0 Å². The van der Waals surface area contributed by atoms with Gasteiger partial charge < -0.3 is 10.2 Å². The molecule has 1 aromatic rings. The summed E-state index contributed by atoms with van der Waals surface area (Å²) in [5.41, 5.74) is -1.03. The van der Waals surface area contributed by atoms with Crippen molar-refractivity contribution in [2.75, 3.05) is 0 Å². The third kappa shape index (κ3) is 3.45. The molecule has 0 spiro atoms. The molecule has 0 bridgehead atoms. The number of halogens is 4. The van der Waals surface area contributed by atoms with Crippen molar-refractivity contribution in [1.82, 2.24) is 0 Å². The molecule has 7 heteroatoms. The lowest BCUT2D eigenvalue weighted by Gasteiger charge is -2.18. The number of hydrogen-bond acceptors (Lipinski definition) is 3. The molecule has 98 valence electrons. The van der Waals surface area contributed by atoms with Crippen LogP contribution in [-0.2, 0) is 6.18 Å². The van der Waals surface area contributed by atoms with Crippen molar-refractivity contribution in [2.45, 2.75) is 24.8 Å². The van der Waals surface area contributed by atoms with Gasteiger partial charge in [-0.15, -0.1) is 0 Å². The average Bonchev–Trinajstić information content (AvgIpc) is 2.27. The van der Waals surface area contributed by atoms with Crippen molar-refractivity contribution >= 4 is 15.9 Å². The molecule has 0 fully saturated rings. The van der Waals surface area contributed by atoms with Crippen LogP contribution in [-0.4, -0.2) is 16.3 Å². The molecular weight excluding hydrogens is 315 g/mol. The zero-order valence-electron chi connectivity index (χ0n) is 8.95. The topological polar surface area (TPSA) is 64.2 Å². The Bertz CT molecular complexity index is 470. The van der Waals surface area contributed by atoms with Gasteiger partial charge in [0.05, 0.1) is 24.2 Å². The molecule has 0 saturated heterocycles. The number of nitriles is 1. The number of benzene rings is 1. The molecule has 0 amide bonds. The Morgan fingerprint density at radius 1 is 1.33 bits per heavy atom. The van der Waals surface area contributed by atoms with Gasteiger partial charge in [-0.05, 0) is 17.7 Å². The van der Waals surface area contributed by atoms with E-state index in [0.29, 0.717) is 0 Å². The first kappa shape index (κ1) is 15.0. The van der Waals surface area contributed by atoms with E-state index in [1.807, 2.05) is 0 Å². The Labute approximate surface area is 110 Å². The molecule has 2 N–H and O–H groups in total. The summed E-state index contributed by atoms with van der Waals surface area (Å²) in [6, 6.07) is 4.77. The Balaban J connectivity index is 3.10. The summed E-state index contributed by atoms with van der Waals surface area (Å²) in [5.74, 6) is 0. The number of rotatable bonds is 3. The molecule has 2 atom stereocenters. The maximum absolute atomic E-state index is 12.6. The molecule has 0 radical (unpaired) electrons. The molecule has 18 heavy (non-hydrogen) atoms. The van der Waals surface area contributed by atoms with Gasteiger partial charge in [-0.2, -0.15) is 18.4 Å². The molecule has 2 unspecified atom stereocenters. The van der Waals surface area contributed by atoms with Crippen molar-refractivity contribution in [3.05, 3.63) is 33.8 Å². The summed E-state index contributed by atoms with van der Waals surface area (Å²) in [6.07, 6.45) is -7.87. The molecule has 1 rings (SSSR count). The van der Waals surface area contributed by atoms with Gasteiger partial charge in [-0.25, -0.2) is 0 Å². The second-order valence-electron chi connectivity index (χ2n) is 3.61. The number of aliphatic hydroxyl groups excluding tert-OH is 2. The fourth-order valence-electron chi connectivity index (χ4n) is 1.37. The lowest BCUT2D eigenvalue weighted by Crippen LogP contribution is -2.18. The second kappa shape index (κ2) is 5.69. The van der Waals surface area contributed by atoms with Crippen molar-refractivity contribution in [2.24, 2.45) is 0 Å². The molecule has 0 aromatic heterocycles. The normalized spacial score (nSPS) is 14.9. The zero-order chi connectivity index (χ0) is 13.9. The maximum atomic E-state index is 12.6. The lowest BCUT2D eigenvalue weighted by atomic mass is 10.0. The smallest absolute Gasteiger partial charge is 0.389 e. The first-order valence-corrected chi connectivity index (χ1v) is 5.66. The molecule has 0 aliphatic heterocycles. The van der Waals surface area contributed by atoms with Crippen LogP contribution in [0.3, 0.4) is 0 Å². The van der Waals surface area contributed by atoms with Gasteiger partial charge in [-0.3, -0.25) is 0 Å². The summed E-state index contributed by atoms with van der Waals surface area (Å²) in [6.45, 7) is 0. The van der Waals surface area contributed by atoms with E-state index in [4.69, 9.17) is 5.26 Å². The molecule has 0 saturated carbocycles. The average molecular weight is 324 g/mol. The van der Waals surface area contributed by atoms with Gasteiger partial charge in [0.2, 0.25) is 0 Å². The predicted molar refractivity (Wildman–Crippen MR) is 60.3 cm³/mol. The van der Waals surface area contributed by atoms with Gasteiger partial charge in [0, 0.05) is 4.47 Å². The number of alkyl halides is 3. The van der Waals surface area contributed by atoms with E-state index in [1.54, 1.807) is 6.07 Å². The van der Waals surface area contributed by atoms with Gasteiger partial charge >= 0.3 is 6.18 Å². The van der Waals surface area contributed by atoms with Crippen molar-refractivity contribution in [3.8, 4) is 6.07 Å². The van der Waals surface area contributed by atoms with Crippen LogP contribution in [0.5, 0.6) is 0 Å². The third-order valence-electron chi connectivity index (χ3n) is 2.30. The lowest BCUT2D eigenvalue weighted by molar-refractivity contribution is -0.138. The highest BCUT2D eigenvalue weighted by molar-refractivity contribution is 9.10. The molecule has 0 aliphatic rings. The van der Waals surface area contributed by atoms with Gasteiger partial charge in [0.25, 0.3) is 0 Å². The van der Waals surface area contributed by atoms with Crippen LogP contribution in [0.2, 0.25) is 0 Å². The predicted octanol–water partition coefficient (Wildman–Crippen LogP) is 2.78. The molecule has 0 aliphatic carbocycles. The van der Waals surface area contributed by atoms with Crippen molar-refractivity contribution < 1.29 is 23.4 Å². The number of hydrogen-bond donors (Lipinski definition) is 2. The van der Waals surface area contributed by atoms with E-state index in [-0.39, 0.29) is 16.5 Å². The Hall–Kier alpha value is -1.10. The molecule has 3 nitrogen and oxygen atoms in total. The Morgan fingerprint density at radius 3 is 2.44 bits per heavy atom. The fourth-order valence-corrected chi connectivity index (χ4v) is 1.84. The van der Waals surface area contributed by atoms with Crippen LogP contribution in [0.15, 0.2) is 22.7 Å². The first-order chi connectivity index (χ1) is 8.27. The first-order valence-electron chi connectivity index (χ1n) is 4.87. The van der Waals surface area contributed by atoms with E-state index >= 15 is 0 Å². The number of nitrogens with zero attached hydrogens (tertiary/aromatic N) is 1. The second-order valence-corrected chi connectivity index (χ2v) is 4.47. The zero-order valence-corrected chi connectivity index (χ0v) is 10.5. The highest BCUT2D eigenvalue weighted by Gasteiger charge is 2.34. The summed E-state index contributed by atoms with van der Waals surface area (Å²) >= 11 is 2.77. The van der Waals surface area contributed by atoms with E-state index in [1.165, 1.54) is 6.07 Å². The maximum Gasteiger partial charge on any atom is 0.417 e. The van der Waals surface area contributed by atoms with E-state index in [9.17, 15) is 23.4 Å². The van der Waals surface area contributed by atoms with Crippen LogP contribution in [0.4, 0.5) is 13.2 Å². The van der Waals surface area contributed by atoms with Gasteiger partial charge in [0.15, 0.2) is 0 Å². The van der Waals surface area contributed by atoms with Crippen LogP contribution >= 0.6 is 15.9 Å². The SMILES string of the molecule is N#CCC(O)C(O)c1ccc(Br)c(C(F)(F)F)c1. The van der Waals surface area contributed by atoms with E-state index in [2.05, 4.69) is 15.9 Å². The fraction of sp³-hybridized carbons (Fsp3) is 0.364. The minimum atomic E-state index is -4.56. The number of aliphatic hydroxyl groups is 2. The summed E-state index contributed by atoms with van der Waals surface area (Å²) < 4.78 is 37.7. The highest BCUT2D eigenvalue weighted by Crippen LogP contribution is 2.36. The van der Waals surface area contributed by atoms with E-state index < -0.39 is 23.9 Å². The molecule has 1 aromatic carbocycles.